The zero-order chi connectivity index (χ0) is 16.8. The molecule has 0 saturated carbocycles. The number of β-amino-alcohol motifs (C(OH)–C–C–N with tert-alkyl or cyclic N) is 1. The maximum atomic E-state index is 9.44. The second-order valence-corrected chi connectivity index (χ2v) is 6.48. The van der Waals surface area contributed by atoms with Crippen LogP contribution in [0.15, 0.2) is 29.0 Å². The molecule has 0 radical (unpaired) electrons. The van der Waals surface area contributed by atoms with Gasteiger partial charge in [0.15, 0.2) is 0 Å². The van der Waals surface area contributed by atoms with Crippen molar-refractivity contribution in [2.75, 3.05) is 26.2 Å². The largest absolute Gasteiger partial charge is 0.392 e. The van der Waals surface area contributed by atoms with Crippen LogP contribution in [0.4, 0.5) is 0 Å². The molecule has 2 aromatic heterocycles. The number of pyridine rings is 1. The monoisotopic (exact) mass is 331 g/mol. The third kappa shape index (κ3) is 4.83. The zero-order valence-corrected chi connectivity index (χ0v) is 14.1. The quantitative estimate of drug-likeness (QED) is 0.791. The molecule has 130 valence electrons. The molecule has 1 aliphatic heterocycles. The van der Waals surface area contributed by atoms with Crippen molar-refractivity contribution >= 4 is 0 Å². The third-order valence-corrected chi connectivity index (χ3v) is 4.33. The number of rotatable bonds is 7. The maximum Gasteiger partial charge on any atom is 0.240 e. The van der Waals surface area contributed by atoms with E-state index in [1.54, 1.807) is 12.4 Å². The lowest BCUT2D eigenvalue weighted by atomic mass is 9.96. The molecule has 1 aliphatic rings. The number of aromatic nitrogens is 3. The van der Waals surface area contributed by atoms with Gasteiger partial charge in [0, 0.05) is 24.5 Å². The van der Waals surface area contributed by atoms with Gasteiger partial charge in [0.1, 0.15) is 0 Å². The fourth-order valence-corrected chi connectivity index (χ4v) is 3.07. The van der Waals surface area contributed by atoms with Gasteiger partial charge in [-0.2, -0.15) is 4.98 Å². The van der Waals surface area contributed by atoms with Gasteiger partial charge < -0.3 is 19.8 Å². The molecule has 24 heavy (non-hydrogen) atoms. The van der Waals surface area contributed by atoms with Crippen LogP contribution in [-0.2, 0) is 6.54 Å². The van der Waals surface area contributed by atoms with Gasteiger partial charge in [-0.3, -0.25) is 4.98 Å². The third-order valence-electron chi connectivity index (χ3n) is 4.33. The van der Waals surface area contributed by atoms with E-state index >= 15 is 0 Å². The Morgan fingerprint density at radius 1 is 1.42 bits per heavy atom. The zero-order valence-electron chi connectivity index (χ0n) is 14.1. The fraction of sp³-hybridized carbons (Fsp3) is 0.588. The molecule has 1 atom stereocenters. The smallest absolute Gasteiger partial charge is 0.240 e. The molecule has 3 heterocycles. The van der Waals surface area contributed by atoms with Crippen molar-refractivity contribution in [1.29, 1.82) is 0 Å². The van der Waals surface area contributed by atoms with Crippen LogP contribution in [-0.4, -0.2) is 57.4 Å². The lowest BCUT2D eigenvalue weighted by molar-refractivity contribution is 0.0996. The summed E-state index contributed by atoms with van der Waals surface area (Å²) in [5.41, 5.74) is 0.859. The van der Waals surface area contributed by atoms with E-state index in [1.165, 1.54) is 0 Å². The Morgan fingerprint density at radius 2 is 2.25 bits per heavy atom. The van der Waals surface area contributed by atoms with Crippen molar-refractivity contribution in [1.82, 2.24) is 25.3 Å². The summed E-state index contributed by atoms with van der Waals surface area (Å²) in [5, 5.41) is 16.8. The van der Waals surface area contributed by atoms with Crippen molar-refractivity contribution in [3.05, 3.63) is 30.4 Å². The van der Waals surface area contributed by atoms with Gasteiger partial charge >= 0.3 is 0 Å². The number of hydrogen-bond acceptors (Lipinski definition) is 7. The number of nitrogens with one attached hydrogen (secondary N) is 1. The van der Waals surface area contributed by atoms with Gasteiger partial charge in [0.25, 0.3) is 0 Å². The summed E-state index contributed by atoms with van der Waals surface area (Å²) in [4.78, 5) is 10.8. The van der Waals surface area contributed by atoms with Gasteiger partial charge in [-0.25, -0.2) is 0 Å². The minimum atomic E-state index is -0.244. The first kappa shape index (κ1) is 17.0. The molecule has 3 rings (SSSR count). The van der Waals surface area contributed by atoms with Crippen molar-refractivity contribution in [3.63, 3.8) is 0 Å². The highest BCUT2D eigenvalue weighted by atomic mass is 16.5. The first-order chi connectivity index (χ1) is 11.7. The molecule has 1 fully saturated rings. The van der Waals surface area contributed by atoms with E-state index in [0.717, 1.165) is 44.6 Å². The fourth-order valence-electron chi connectivity index (χ4n) is 3.07. The Kier molecular flexibility index (Phi) is 5.90. The van der Waals surface area contributed by atoms with Gasteiger partial charge in [-0.1, -0.05) is 5.16 Å². The van der Waals surface area contributed by atoms with E-state index in [0.29, 0.717) is 24.2 Å². The molecule has 0 bridgehead atoms. The maximum absolute atomic E-state index is 9.44. The molecule has 0 spiro atoms. The summed E-state index contributed by atoms with van der Waals surface area (Å²) in [7, 11) is 0. The van der Waals surface area contributed by atoms with E-state index in [4.69, 9.17) is 4.52 Å². The standard InChI is InChI=1S/C17H25N5O2/c1-13(23)12-22-7-4-14(5-8-22)9-19-11-16-20-17(21-24-16)15-3-2-6-18-10-15/h2-3,6,10,13-14,19,23H,4-5,7-9,11-12H2,1H3/t13-/m1/s1. The highest BCUT2D eigenvalue weighted by Crippen LogP contribution is 2.17. The van der Waals surface area contributed by atoms with Crippen LogP contribution in [0.5, 0.6) is 0 Å². The Balaban J connectivity index is 1.39. The Labute approximate surface area is 142 Å². The predicted molar refractivity (Wildman–Crippen MR) is 90.1 cm³/mol. The number of aliphatic hydroxyl groups is 1. The van der Waals surface area contributed by atoms with E-state index < -0.39 is 0 Å². The SMILES string of the molecule is C[C@@H](O)CN1CCC(CNCc2nc(-c3cccnc3)no2)CC1. The Morgan fingerprint density at radius 3 is 2.96 bits per heavy atom. The summed E-state index contributed by atoms with van der Waals surface area (Å²) in [6.07, 6.45) is 5.52. The number of aliphatic hydroxyl groups excluding tert-OH is 1. The molecule has 0 aromatic carbocycles. The van der Waals surface area contributed by atoms with Crippen LogP contribution in [0.1, 0.15) is 25.7 Å². The molecule has 7 heteroatoms. The Hall–Kier alpha value is -1.83. The van der Waals surface area contributed by atoms with Crippen LogP contribution in [0.25, 0.3) is 11.4 Å². The van der Waals surface area contributed by atoms with Crippen LogP contribution >= 0.6 is 0 Å². The molecule has 0 unspecified atom stereocenters. The summed E-state index contributed by atoms with van der Waals surface area (Å²) in [6.45, 7) is 6.28. The van der Waals surface area contributed by atoms with Gasteiger partial charge in [0.05, 0.1) is 12.6 Å². The second kappa shape index (κ2) is 8.32. The molecular formula is C17H25N5O2. The average molecular weight is 331 g/mol. The summed E-state index contributed by atoms with van der Waals surface area (Å²) in [5.74, 6) is 1.84. The summed E-state index contributed by atoms with van der Waals surface area (Å²) in [6, 6.07) is 3.77. The number of likely N-dealkylation sites (tertiary alicyclic amines) is 1. The topological polar surface area (TPSA) is 87.3 Å². The van der Waals surface area contributed by atoms with E-state index in [1.807, 2.05) is 19.1 Å². The first-order valence-corrected chi connectivity index (χ1v) is 8.55. The lowest BCUT2D eigenvalue weighted by Gasteiger charge is -2.32. The highest BCUT2D eigenvalue weighted by molar-refractivity contribution is 5.51. The van der Waals surface area contributed by atoms with Crippen LogP contribution < -0.4 is 5.32 Å². The summed E-state index contributed by atoms with van der Waals surface area (Å²) >= 11 is 0. The summed E-state index contributed by atoms with van der Waals surface area (Å²) < 4.78 is 5.28. The first-order valence-electron chi connectivity index (χ1n) is 8.55. The highest BCUT2D eigenvalue weighted by Gasteiger charge is 2.20. The minimum absolute atomic E-state index is 0.244. The van der Waals surface area contributed by atoms with Crippen molar-refractivity contribution in [2.24, 2.45) is 5.92 Å². The van der Waals surface area contributed by atoms with Crippen molar-refractivity contribution < 1.29 is 9.63 Å². The van der Waals surface area contributed by atoms with Gasteiger partial charge in [-0.15, -0.1) is 0 Å². The lowest BCUT2D eigenvalue weighted by Crippen LogP contribution is -2.40. The molecule has 2 N–H and O–H groups in total. The minimum Gasteiger partial charge on any atom is -0.392 e. The van der Waals surface area contributed by atoms with E-state index in [9.17, 15) is 5.11 Å². The van der Waals surface area contributed by atoms with Crippen molar-refractivity contribution in [2.45, 2.75) is 32.4 Å². The predicted octanol–water partition coefficient (Wildman–Crippen LogP) is 1.31. The van der Waals surface area contributed by atoms with E-state index in [2.05, 4.69) is 25.3 Å². The molecule has 2 aromatic rings. The molecule has 1 saturated heterocycles. The second-order valence-electron chi connectivity index (χ2n) is 6.48. The van der Waals surface area contributed by atoms with Crippen LogP contribution in [0.2, 0.25) is 0 Å². The van der Waals surface area contributed by atoms with Gasteiger partial charge in [-0.05, 0) is 57.5 Å². The number of hydrogen-bond donors (Lipinski definition) is 2. The van der Waals surface area contributed by atoms with Gasteiger partial charge in [0.2, 0.25) is 11.7 Å². The average Bonchev–Trinajstić information content (AvgIpc) is 3.06. The number of piperidine rings is 1. The Bertz CT molecular complexity index is 608. The van der Waals surface area contributed by atoms with Crippen molar-refractivity contribution in [3.8, 4) is 11.4 Å². The normalized spacial score (nSPS) is 17.9. The van der Waals surface area contributed by atoms with Crippen LogP contribution in [0, 0.1) is 5.92 Å². The molecular weight excluding hydrogens is 306 g/mol. The number of nitrogens with zero attached hydrogens (tertiary/aromatic N) is 4. The molecule has 0 amide bonds. The van der Waals surface area contributed by atoms with E-state index in [-0.39, 0.29) is 6.10 Å². The molecule has 0 aliphatic carbocycles. The molecule has 7 nitrogen and oxygen atoms in total. The van der Waals surface area contributed by atoms with Crippen LogP contribution in [0.3, 0.4) is 0 Å².